The number of nitrogens with zero attached hydrogens (tertiary/aromatic N) is 4. The third kappa shape index (κ3) is 4.22. The quantitative estimate of drug-likeness (QED) is 0.614. The van der Waals surface area contributed by atoms with Gasteiger partial charge in [-0.25, -0.2) is 0 Å². The lowest BCUT2D eigenvalue weighted by Crippen LogP contribution is -2.54. The van der Waals surface area contributed by atoms with Gasteiger partial charge in [0.05, 0.1) is 17.5 Å². The zero-order valence-corrected chi connectivity index (χ0v) is 14.7. The summed E-state index contributed by atoms with van der Waals surface area (Å²) in [5.41, 5.74) is 1.14. The van der Waals surface area contributed by atoms with Gasteiger partial charge >= 0.3 is 5.82 Å². The lowest BCUT2D eigenvalue weighted by Gasteiger charge is -2.36. The molecule has 10 nitrogen and oxygen atoms in total. The average molecular weight is 373 g/mol. The molecule has 10 heteroatoms. The Balaban J connectivity index is 1.52. The van der Waals surface area contributed by atoms with Gasteiger partial charge in [0, 0.05) is 32.2 Å². The number of aromatic nitrogens is 1. The molecule has 0 saturated carbocycles. The molecule has 0 radical (unpaired) electrons. The van der Waals surface area contributed by atoms with E-state index in [1.807, 2.05) is 4.90 Å². The number of carbonyl (C=O) groups is 2. The third-order valence-electron chi connectivity index (χ3n) is 4.38. The van der Waals surface area contributed by atoms with Gasteiger partial charge in [0.1, 0.15) is 12.3 Å². The molecule has 1 saturated heterocycles. The van der Waals surface area contributed by atoms with Gasteiger partial charge in [-0.3, -0.25) is 9.59 Å². The molecule has 0 aliphatic carbocycles. The first kappa shape index (κ1) is 18.4. The fraction of sp³-hybridized carbons (Fsp3) is 0.353. The van der Waals surface area contributed by atoms with Crippen LogP contribution in [0.3, 0.4) is 0 Å². The van der Waals surface area contributed by atoms with Crippen LogP contribution >= 0.6 is 0 Å². The molecule has 27 heavy (non-hydrogen) atoms. The molecule has 0 aromatic carbocycles. The van der Waals surface area contributed by atoms with E-state index in [0.29, 0.717) is 31.7 Å². The monoisotopic (exact) mass is 373 g/mol. The van der Waals surface area contributed by atoms with E-state index >= 15 is 0 Å². The molecule has 1 fully saturated rings. The Morgan fingerprint density at radius 2 is 2.00 bits per heavy atom. The number of hydrogen-bond acceptors (Lipinski definition) is 7. The Morgan fingerprint density at radius 1 is 1.26 bits per heavy atom. The van der Waals surface area contributed by atoms with Crippen molar-refractivity contribution in [3.05, 3.63) is 52.6 Å². The van der Waals surface area contributed by atoms with Crippen molar-refractivity contribution >= 4 is 23.3 Å². The summed E-state index contributed by atoms with van der Waals surface area (Å²) in [4.78, 5) is 42.2. The van der Waals surface area contributed by atoms with Crippen LogP contribution in [0, 0.1) is 10.1 Å². The van der Waals surface area contributed by atoms with Crippen molar-refractivity contribution in [3.8, 4) is 0 Å². The highest BCUT2D eigenvalue weighted by Crippen LogP contribution is 2.18. The van der Waals surface area contributed by atoms with Gasteiger partial charge < -0.3 is 29.6 Å². The van der Waals surface area contributed by atoms with Gasteiger partial charge in [-0.2, -0.15) is 0 Å². The summed E-state index contributed by atoms with van der Waals surface area (Å²) < 4.78 is 4.86. The maximum absolute atomic E-state index is 12.5. The molecule has 2 aromatic heterocycles. The van der Waals surface area contributed by atoms with Crippen molar-refractivity contribution in [3.63, 3.8) is 0 Å². The molecule has 2 amide bonds. The summed E-state index contributed by atoms with van der Waals surface area (Å²) in [6.07, 6.45) is 4.18. The number of hydrogen-bond donors (Lipinski definition) is 1. The molecule has 1 aliphatic rings. The minimum atomic E-state index is -0.653. The molecule has 1 N–H and O–H groups in total. The van der Waals surface area contributed by atoms with Crippen molar-refractivity contribution in [2.24, 2.45) is 0 Å². The number of carbonyl (C=O) groups excluding carboxylic acids is 2. The van der Waals surface area contributed by atoms with Crippen LogP contribution < -0.4 is 10.2 Å². The van der Waals surface area contributed by atoms with Crippen molar-refractivity contribution in [1.29, 1.82) is 0 Å². The molecule has 0 unspecified atom stereocenters. The van der Waals surface area contributed by atoms with Crippen LogP contribution in [0.4, 0.5) is 11.5 Å². The average Bonchev–Trinajstić information content (AvgIpc) is 3.22. The number of piperazine rings is 1. The van der Waals surface area contributed by atoms with E-state index in [-0.39, 0.29) is 17.6 Å². The van der Waals surface area contributed by atoms with Gasteiger partial charge in [0.15, 0.2) is 6.20 Å². The minimum Gasteiger partial charge on any atom is -0.472 e. The Bertz CT molecular complexity index is 813. The summed E-state index contributed by atoms with van der Waals surface area (Å²) in [6, 6.07) is 3.89. The molecular weight excluding hydrogens is 354 g/mol. The second-order valence-corrected chi connectivity index (χ2v) is 6.15. The summed E-state index contributed by atoms with van der Waals surface area (Å²) >= 11 is 0. The van der Waals surface area contributed by atoms with Crippen molar-refractivity contribution < 1.29 is 18.9 Å². The van der Waals surface area contributed by atoms with Crippen LogP contribution in [0.25, 0.3) is 0 Å². The van der Waals surface area contributed by atoms with E-state index in [1.165, 1.54) is 30.9 Å². The molecule has 0 spiro atoms. The molecule has 3 rings (SSSR count). The van der Waals surface area contributed by atoms with Crippen LogP contribution in [0.1, 0.15) is 17.3 Å². The highest BCUT2D eigenvalue weighted by atomic mass is 16.6. The van der Waals surface area contributed by atoms with Gasteiger partial charge in [-0.15, -0.1) is 0 Å². The fourth-order valence-electron chi connectivity index (χ4n) is 2.87. The van der Waals surface area contributed by atoms with Crippen LogP contribution in [0.2, 0.25) is 0 Å². The van der Waals surface area contributed by atoms with Gasteiger partial charge in [0.25, 0.3) is 5.91 Å². The Kier molecular flexibility index (Phi) is 5.34. The SMILES string of the molecule is C[C@H](NC(=O)c1ccoc1)C(=O)N1CCN(c2ccc([N+](=O)[O-])nc2)CC1. The van der Waals surface area contributed by atoms with E-state index < -0.39 is 11.0 Å². The van der Waals surface area contributed by atoms with E-state index in [9.17, 15) is 19.7 Å². The predicted molar refractivity (Wildman–Crippen MR) is 95.3 cm³/mol. The molecular formula is C17H19N5O5. The van der Waals surface area contributed by atoms with E-state index in [1.54, 1.807) is 17.9 Å². The number of nitro groups is 1. The Labute approximate surface area is 154 Å². The van der Waals surface area contributed by atoms with E-state index in [0.717, 1.165) is 5.69 Å². The summed E-state index contributed by atoms with van der Waals surface area (Å²) in [7, 11) is 0. The molecule has 1 atom stereocenters. The summed E-state index contributed by atoms with van der Waals surface area (Å²) in [5.74, 6) is -0.719. The van der Waals surface area contributed by atoms with E-state index in [2.05, 4.69) is 10.3 Å². The number of nitrogens with one attached hydrogen (secondary N) is 1. The van der Waals surface area contributed by atoms with Crippen LogP contribution in [0.5, 0.6) is 0 Å². The van der Waals surface area contributed by atoms with Crippen LogP contribution in [0.15, 0.2) is 41.3 Å². The van der Waals surface area contributed by atoms with Crippen molar-refractivity contribution in [2.75, 3.05) is 31.1 Å². The van der Waals surface area contributed by atoms with Crippen molar-refractivity contribution in [2.45, 2.75) is 13.0 Å². The number of amides is 2. The zero-order valence-electron chi connectivity index (χ0n) is 14.7. The second-order valence-electron chi connectivity index (χ2n) is 6.15. The minimum absolute atomic E-state index is 0.159. The molecule has 142 valence electrons. The highest BCUT2D eigenvalue weighted by Gasteiger charge is 2.27. The Hall–Kier alpha value is -3.43. The highest BCUT2D eigenvalue weighted by molar-refractivity contribution is 5.97. The lowest BCUT2D eigenvalue weighted by atomic mass is 10.2. The third-order valence-corrected chi connectivity index (χ3v) is 4.38. The first-order chi connectivity index (χ1) is 13.0. The molecule has 3 heterocycles. The van der Waals surface area contributed by atoms with Crippen molar-refractivity contribution in [1.82, 2.24) is 15.2 Å². The maximum Gasteiger partial charge on any atom is 0.363 e. The standard InChI is InChI=1S/C17H19N5O5/c1-12(19-16(23)13-4-9-27-11-13)17(24)21-7-5-20(6-8-21)14-2-3-15(18-10-14)22(25)26/h2-4,9-12H,5-8H2,1H3,(H,19,23)/t12-/m0/s1. The predicted octanol–water partition coefficient (Wildman–Crippen LogP) is 1.05. The fourth-order valence-corrected chi connectivity index (χ4v) is 2.87. The molecule has 1 aliphatic heterocycles. The summed E-state index contributed by atoms with van der Waals surface area (Å²) in [5, 5.41) is 13.3. The van der Waals surface area contributed by atoms with Crippen LogP contribution in [-0.2, 0) is 4.79 Å². The zero-order chi connectivity index (χ0) is 19.4. The first-order valence-corrected chi connectivity index (χ1v) is 8.43. The second kappa shape index (κ2) is 7.85. The van der Waals surface area contributed by atoms with Gasteiger partial charge in [-0.1, -0.05) is 0 Å². The molecule has 2 aromatic rings. The number of rotatable bonds is 5. The first-order valence-electron chi connectivity index (χ1n) is 8.43. The number of anilines is 1. The van der Waals surface area contributed by atoms with Gasteiger partial charge in [-0.05, 0) is 29.0 Å². The van der Waals surface area contributed by atoms with Gasteiger partial charge in [0.2, 0.25) is 5.91 Å². The maximum atomic E-state index is 12.5. The smallest absolute Gasteiger partial charge is 0.363 e. The topological polar surface area (TPSA) is 122 Å². The number of pyridine rings is 1. The van der Waals surface area contributed by atoms with Crippen LogP contribution in [-0.4, -0.2) is 58.8 Å². The number of furan rings is 1. The van der Waals surface area contributed by atoms with E-state index in [4.69, 9.17) is 4.42 Å². The lowest BCUT2D eigenvalue weighted by molar-refractivity contribution is -0.389. The normalized spacial score (nSPS) is 15.3. The molecule has 0 bridgehead atoms. The largest absolute Gasteiger partial charge is 0.472 e. The summed E-state index contributed by atoms with van der Waals surface area (Å²) in [6.45, 7) is 3.78. The Morgan fingerprint density at radius 3 is 2.56 bits per heavy atom.